The van der Waals surface area contributed by atoms with E-state index >= 15 is 0 Å². The van der Waals surface area contributed by atoms with Gasteiger partial charge in [0.1, 0.15) is 0 Å². The lowest BCUT2D eigenvalue weighted by Gasteiger charge is -2.55. The molecule has 0 aromatic heterocycles. The quantitative estimate of drug-likeness (QED) is 0.735. The highest BCUT2D eigenvalue weighted by molar-refractivity contribution is 5.86. The fraction of sp³-hybridized carbons (Fsp3) is 0.593. The summed E-state index contributed by atoms with van der Waals surface area (Å²) in [7, 11) is 0. The van der Waals surface area contributed by atoms with E-state index in [0.29, 0.717) is 5.91 Å². The summed E-state index contributed by atoms with van der Waals surface area (Å²) in [5.41, 5.74) is 1.32. The Morgan fingerprint density at radius 3 is 2.27 bits per heavy atom. The summed E-state index contributed by atoms with van der Waals surface area (Å²) in [4.78, 5) is 16.2. The topological polar surface area (TPSA) is 32.3 Å². The molecule has 4 aliphatic carbocycles. The standard InChI is InChI=1S/C27H34N2O/c30-26(27-15-19-12-20(16-27)14-21(13-19)17-27)28-18-25(29-10-3-4-11-29)24-9-5-7-22-6-1-2-8-23(22)24/h1-2,5-9,19-21,25H,3-4,10-18H2,(H,28,30)/t19?,20?,21?,25-,27?/m0/s1. The average Bonchev–Trinajstić information content (AvgIpc) is 3.27. The molecule has 1 saturated heterocycles. The molecule has 3 nitrogen and oxygen atoms in total. The van der Waals surface area contributed by atoms with E-state index < -0.39 is 0 Å². The molecule has 7 rings (SSSR count). The first-order chi connectivity index (χ1) is 14.7. The molecule has 1 N–H and O–H groups in total. The Kier molecular flexibility index (Phi) is 4.63. The minimum absolute atomic E-state index is 0.0525. The number of hydrogen-bond donors (Lipinski definition) is 1. The molecule has 1 amide bonds. The van der Waals surface area contributed by atoms with Crippen molar-refractivity contribution >= 4 is 16.7 Å². The van der Waals surface area contributed by atoms with Crippen LogP contribution >= 0.6 is 0 Å². The fourth-order valence-electron chi connectivity index (χ4n) is 7.80. The van der Waals surface area contributed by atoms with E-state index in [9.17, 15) is 4.79 Å². The Balaban J connectivity index is 1.26. The number of carbonyl (C=O) groups excluding carboxylic acids is 1. The minimum Gasteiger partial charge on any atom is -0.354 e. The van der Waals surface area contributed by atoms with Gasteiger partial charge >= 0.3 is 0 Å². The molecule has 2 aromatic carbocycles. The van der Waals surface area contributed by atoms with Gasteiger partial charge in [-0.1, -0.05) is 42.5 Å². The smallest absolute Gasteiger partial charge is 0.226 e. The van der Waals surface area contributed by atoms with Crippen LogP contribution in [0.5, 0.6) is 0 Å². The van der Waals surface area contributed by atoms with Gasteiger partial charge in [0.15, 0.2) is 0 Å². The van der Waals surface area contributed by atoms with Crippen LogP contribution in [0.2, 0.25) is 0 Å². The Morgan fingerprint density at radius 1 is 0.933 bits per heavy atom. The molecule has 0 unspecified atom stereocenters. The number of amides is 1. The molecular formula is C27H34N2O. The largest absolute Gasteiger partial charge is 0.354 e. The minimum atomic E-state index is -0.0525. The molecule has 0 spiro atoms. The van der Waals surface area contributed by atoms with E-state index in [4.69, 9.17) is 0 Å². The Morgan fingerprint density at radius 2 is 1.57 bits per heavy atom. The zero-order valence-corrected chi connectivity index (χ0v) is 18.0. The van der Waals surface area contributed by atoms with Crippen LogP contribution in [0.3, 0.4) is 0 Å². The molecule has 5 aliphatic rings. The van der Waals surface area contributed by atoms with Crippen LogP contribution in [-0.4, -0.2) is 30.4 Å². The highest BCUT2D eigenvalue weighted by Gasteiger charge is 2.54. The van der Waals surface area contributed by atoms with Gasteiger partial charge < -0.3 is 5.32 Å². The predicted molar refractivity (Wildman–Crippen MR) is 121 cm³/mol. The van der Waals surface area contributed by atoms with Gasteiger partial charge in [0.25, 0.3) is 0 Å². The van der Waals surface area contributed by atoms with E-state index in [1.807, 2.05) is 0 Å². The summed E-state index contributed by atoms with van der Waals surface area (Å²) < 4.78 is 0. The molecule has 4 saturated carbocycles. The monoisotopic (exact) mass is 402 g/mol. The van der Waals surface area contributed by atoms with Crippen molar-refractivity contribution in [2.24, 2.45) is 23.2 Å². The number of carbonyl (C=O) groups is 1. The zero-order valence-electron chi connectivity index (χ0n) is 18.0. The van der Waals surface area contributed by atoms with Crippen LogP contribution in [0.15, 0.2) is 42.5 Å². The second-order valence-corrected chi connectivity index (χ2v) is 10.7. The lowest BCUT2D eigenvalue weighted by molar-refractivity contribution is -0.146. The van der Waals surface area contributed by atoms with Gasteiger partial charge in [-0.15, -0.1) is 0 Å². The van der Waals surface area contributed by atoms with Gasteiger partial charge in [-0.3, -0.25) is 9.69 Å². The molecule has 2 aromatic rings. The van der Waals surface area contributed by atoms with Crippen LogP contribution in [0.4, 0.5) is 0 Å². The fourth-order valence-corrected chi connectivity index (χ4v) is 7.80. The molecule has 5 fully saturated rings. The van der Waals surface area contributed by atoms with Crippen LogP contribution < -0.4 is 5.32 Å². The number of nitrogens with one attached hydrogen (secondary N) is 1. The van der Waals surface area contributed by atoms with Crippen molar-refractivity contribution in [3.8, 4) is 0 Å². The highest BCUT2D eigenvalue weighted by atomic mass is 16.2. The van der Waals surface area contributed by atoms with Gasteiger partial charge in [0, 0.05) is 12.0 Å². The van der Waals surface area contributed by atoms with Gasteiger partial charge in [-0.05, 0) is 98.5 Å². The number of rotatable bonds is 5. The van der Waals surface area contributed by atoms with E-state index in [1.165, 1.54) is 48.4 Å². The van der Waals surface area contributed by atoms with E-state index in [0.717, 1.165) is 56.7 Å². The van der Waals surface area contributed by atoms with Crippen LogP contribution in [0, 0.1) is 23.2 Å². The summed E-state index contributed by atoms with van der Waals surface area (Å²) >= 11 is 0. The highest BCUT2D eigenvalue weighted by Crippen LogP contribution is 2.60. The summed E-state index contributed by atoms with van der Waals surface area (Å²) in [6.45, 7) is 3.02. The Labute approximate surface area is 180 Å². The van der Waals surface area contributed by atoms with Crippen molar-refractivity contribution < 1.29 is 4.79 Å². The van der Waals surface area contributed by atoms with Gasteiger partial charge in [0.2, 0.25) is 5.91 Å². The predicted octanol–water partition coefficient (Wildman–Crippen LogP) is 5.31. The molecule has 0 radical (unpaired) electrons. The van der Waals surface area contributed by atoms with Crippen molar-refractivity contribution in [3.05, 3.63) is 48.0 Å². The molecule has 30 heavy (non-hydrogen) atoms. The molecule has 158 valence electrons. The lowest BCUT2D eigenvalue weighted by Crippen LogP contribution is -2.54. The van der Waals surface area contributed by atoms with Crippen molar-refractivity contribution in [1.29, 1.82) is 0 Å². The maximum Gasteiger partial charge on any atom is 0.226 e. The van der Waals surface area contributed by atoms with Crippen molar-refractivity contribution in [1.82, 2.24) is 10.2 Å². The third kappa shape index (κ3) is 3.17. The van der Waals surface area contributed by atoms with Crippen LogP contribution in [-0.2, 0) is 4.79 Å². The summed E-state index contributed by atoms with van der Waals surface area (Å²) in [5.74, 6) is 2.81. The second kappa shape index (κ2) is 7.37. The molecule has 3 heteroatoms. The maximum atomic E-state index is 13.6. The third-order valence-corrected chi connectivity index (χ3v) is 8.74. The first-order valence-corrected chi connectivity index (χ1v) is 12.2. The number of benzene rings is 2. The van der Waals surface area contributed by atoms with E-state index in [1.54, 1.807) is 0 Å². The molecule has 1 heterocycles. The average molecular weight is 403 g/mol. The summed E-state index contributed by atoms with van der Waals surface area (Å²) in [5, 5.41) is 6.13. The van der Waals surface area contributed by atoms with Gasteiger partial charge in [0.05, 0.1) is 6.04 Å². The first kappa shape index (κ1) is 18.9. The van der Waals surface area contributed by atoms with Gasteiger partial charge in [-0.25, -0.2) is 0 Å². The number of nitrogens with zero attached hydrogens (tertiary/aromatic N) is 1. The van der Waals surface area contributed by atoms with Crippen LogP contribution in [0.25, 0.3) is 10.8 Å². The van der Waals surface area contributed by atoms with E-state index in [-0.39, 0.29) is 11.5 Å². The molecule has 1 aliphatic heterocycles. The third-order valence-electron chi connectivity index (χ3n) is 8.74. The first-order valence-electron chi connectivity index (χ1n) is 12.2. The van der Waals surface area contributed by atoms with Crippen molar-refractivity contribution in [3.63, 3.8) is 0 Å². The van der Waals surface area contributed by atoms with Crippen molar-refractivity contribution in [2.75, 3.05) is 19.6 Å². The Bertz CT molecular complexity index is 904. The normalized spacial score (nSPS) is 33.8. The SMILES string of the molecule is O=C(NC[C@@H](c1cccc2ccccc12)N1CCCC1)C12CC3CC(CC(C3)C1)C2. The second-order valence-electron chi connectivity index (χ2n) is 10.7. The zero-order chi connectivity index (χ0) is 20.1. The van der Waals surface area contributed by atoms with Gasteiger partial charge in [-0.2, -0.15) is 0 Å². The maximum absolute atomic E-state index is 13.6. The van der Waals surface area contributed by atoms with E-state index in [2.05, 4.69) is 52.7 Å². The summed E-state index contributed by atoms with van der Waals surface area (Å²) in [6, 6.07) is 15.6. The molecular weight excluding hydrogens is 368 g/mol. The molecule has 4 bridgehead atoms. The number of fused-ring (bicyclic) bond motifs is 1. The number of likely N-dealkylation sites (tertiary alicyclic amines) is 1. The molecule has 1 atom stereocenters. The summed E-state index contributed by atoms with van der Waals surface area (Å²) in [6.07, 6.45) is 10.1. The lowest BCUT2D eigenvalue weighted by atomic mass is 9.49. The number of hydrogen-bond acceptors (Lipinski definition) is 2. The Hall–Kier alpha value is -1.87. The van der Waals surface area contributed by atoms with Crippen LogP contribution in [0.1, 0.15) is 63.0 Å². The van der Waals surface area contributed by atoms with Crippen molar-refractivity contribution in [2.45, 2.75) is 57.4 Å².